The molecule has 0 aliphatic rings. The lowest BCUT2D eigenvalue weighted by molar-refractivity contribution is 0.0642. The number of rotatable bonds is 4. The minimum atomic E-state index is -0.915. The Morgan fingerprint density at radius 3 is 2.22 bits per heavy atom. The van der Waals surface area contributed by atoms with E-state index in [2.05, 4.69) is 4.98 Å². The summed E-state index contributed by atoms with van der Waals surface area (Å²) >= 11 is 1.22. The highest BCUT2D eigenvalue weighted by atomic mass is 32.1. The molecule has 0 aliphatic carbocycles. The minimum absolute atomic E-state index is 0.149. The van der Waals surface area contributed by atoms with E-state index in [-0.39, 0.29) is 17.4 Å². The minimum Gasteiger partial charge on any atom is -0.477 e. The van der Waals surface area contributed by atoms with Crippen LogP contribution in [0.5, 0.6) is 0 Å². The molecule has 0 saturated carbocycles. The third-order valence-electron chi connectivity index (χ3n) is 2.65. The molecule has 0 aromatic carbocycles. The van der Waals surface area contributed by atoms with E-state index < -0.39 is 5.97 Å². The summed E-state index contributed by atoms with van der Waals surface area (Å²) < 4.78 is 5.41. The zero-order valence-electron chi connectivity index (χ0n) is 11.8. The monoisotopic (exact) mass is 271 g/mol. The molecule has 102 valence electrons. The number of ether oxygens (including phenoxy) is 1. The zero-order valence-corrected chi connectivity index (χ0v) is 12.6. The summed E-state index contributed by atoms with van der Waals surface area (Å²) in [6.07, 6.45) is -0.149. The SMILES string of the molecule is COC(c1nc(C(C)(C)C)c(C(=O)O)s1)C(C)C. The second kappa shape index (κ2) is 5.36. The van der Waals surface area contributed by atoms with Crippen LogP contribution in [-0.2, 0) is 10.2 Å². The standard InChI is InChI=1S/C13H21NO3S/c1-7(2)8(17-6)11-14-10(13(3,4)5)9(18-11)12(15)16/h7-8H,1-6H3,(H,15,16). The van der Waals surface area contributed by atoms with Gasteiger partial charge in [0.2, 0.25) is 0 Å². The summed E-state index contributed by atoms with van der Waals surface area (Å²) in [4.78, 5) is 16.1. The Hall–Kier alpha value is -0.940. The lowest BCUT2D eigenvalue weighted by Crippen LogP contribution is -2.16. The van der Waals surface area contributed by atoms with Gasteiger partial charge in [0.1, 0.15) is 16.0 Å². The molecule has 0 radical (unpaired) electrons. The molecule has 1 heterocycles. The number of nitrogens with zero attached hydrogens (tertiary/aromatic N) is 1. The molecule has 0 fully saturated rings. The highest BCUT2D eigenvalue weighted by molar-refractivity contribution is 7.13. The van der Waals surface area contributed by atoms with Gasteiger partial charge < -0.3 is 9.84 Å². The molecule has 0 amide bonds. The van der Waals surface area contributed by atoms with E-state index in [1.54, 1.807) is 7.11 Å². The fourth-order valence-corrected chi connectivity index (χ4v) is 3.14. The van der Waals surface area contributed by atoms with Gasteiger partial charge in [0.25, 0.3) is 0 Å². The molecule has 5 heteroatoms. The van der Waals surface area contributed by atoms with E-state index in [9.17, 15) is 9.90 Å². The number of aromatic carboxylic acids is 1. The van der Waals surface area contributed by atoms with Gasteiger partial charge in [0.05, 0.1) is 5.69 Å². The van der Waals surface area contributed by atoms with E-state index >= 15 is 0 Å². The number of hydrogen-bond acceptors (Lipinski definition) is 4. The van der Waals surface area contributed by atoms with Crippen molar-refractivity contribution in [2.24, 2.45) is 5.92 Å². The smallest absolute Gasteiger partial charge is 0.347 e. The largest absolute Gasteiger partial charge is 0.477 e. The number of hydrogen-bond donors (Lipinski definition) is 1. The highest BCUT2D eigenvalue weighted by Gasteiger charge is 2.30. The van der Waals surface area contributed by atoms with Gasteiger partial charge >= 0.3 is 5.97 Å². The summed E-state index contributed by atoms with van der Waals surface area (Å²) in [5.74, 6) is -0.655. The van der Waals surface area contributed by atoms with Crippen LogP contribution in [0.1, 0.15) is 61.1 Å². The molecule has 18 heavy (non-hydrogen) atoms. The maximum atomic E-state index is 11.3. The molecular weight excluding hydrogens is 250 g/mol. The third-order valence-corrected chi connectivity index (χ3v) is 3.76. The van der Waals surface area contributed by atoms with Crippen LogP contribution in [0.25, 0.3) is 0 Å². The fourth-order valence-electron chi connectivity index (χ4n) is 1.77. The van der Waals surface area contributed by atoms with Crippen LogP contribution in [0.2, 0.25) is 0 Å². The van der Waals surface area contributed by atoms with Gasteiger partial charge in [0, 0.05) is 12.5 Å². The topological polar surface area (TPSA) is 59.4 Å². The van der Waals surface area contributed by atoms with Crippen LogP contribution in [0.15, 0.2) is 0 Å². The normalized spacial score (nSPS) is 13.9. The summed E-state index contributed by atoms with van der Waals surface area (Å²) in [6, 6.07) is 0. The van der Waals surface area contributed by atoms with E-state index in [4.69, 9.17) is 4.74 Å². The molecule has 1 N–H and O–H groups in total. The first kappa shape index (κ1) is 15.1. The second-order valence-corrected chi connectivity index (χ2v) is 6.72. The maximum Gasteiger partial charge on any atom is 0.347 e. The van der Waals surface area contributed by atoms with E-state index in [0.717, 1.165) is 5.01 Å². The van der Waals surface area contributed by atoms with E-state index in [1.165, 1.54) is 11.3 Å². The summed E-state index contributed by atoms with van der Waals surface area (Å²) in [7, 11) is 1.63. The lowest BCUT2D eigenvalue weighted by atomic mass is 9.91. The van der Waals surface area contributed by atoms with Crippen molar-refractivity contribution in [1.82, 2.24) is 4.98 Å². The molecule has 1 aromatic heterocycles. The first-order valence-corrected chi connectivity index (χ1v) is 6.77. The number of carbonyl (C=O) groups is 1. The number of carboxylic acid groups (broad SMARTS) is 1. The van der Waals surface area contributed by atoms with Crippen LogP contribution in [0.3, 0.4) is 0 Å². The average molecular weight is 271 g/mol. The Balaban J connectivity index is 3.30. The molecule has 1 rings (SSSR count). The number of carboxylic acids is 1. The molecule has 0 spiro atoms. The Morgan fingerprint density at radius 1 is 1.39 bits per heavy atom. The van der Waals surface area contributed by atoms with Crippen LogP contribution < -0.4 is 0 Å². The Bertz CT molecular complexity index is 432. The molecule has 1 aromatic rings. The van der Waals surface area contributed by atoms with Crippen molar-refractivity contribution in [1.29, 1.82) is 0 Å². The highest BCUT2D eigenvalue weighted by Crippen LogP contribution is 2.35. The van der Waals surface area contributed by atoms with Crippen molar-refractivity contribution < 1.29 is 14.6 Å². The van der Waals surface area contributed by atoms with Crippen LogP contribution in [-0.4, -0.2) is 23.2 Å². The Morgan fingerprint density at radius 2 is 1.94 bits per heavy atom. The van der Waals surface area contributed by atoms with Gasteiger partial charge in [-0.15, -0.1) is 11.3 Å². The van der Waals surface area contributed by atoms with Gasteiger partial charge in [-0.25, -0.2) is 9.78 Å². The molecule has 0 saturated heterocycles. The van der Waals surface area contributed by atoms with E-state index in [0.29, 0.717) is 10.6 Å². The van der Waals surface area contributed by atoms with Crippen molar-refractivity contribution in [2.75, 3.05) is 7.11 Å². The van der Waals surface area contributed by atoms with Gasteiger partial charge in [-0.3, -0.25) is 0 Å². The van der Waals surface area contributed by atoms with Crippen molar-refractivity contribution in [3.63, 3.8) is 0 Å². The molecular formula is C13H21NO3S. The Labute approximate surface area is 112 Å². The summed E-state index contributed by atoms with van der Waals surface area (Å²) in [5.41, 5.74) is 0.357. The summed E-state index contributed by atoms with van der Waals surface area (Å²) in [6.45, 7) is 9.97. The number of thiazole rings is 1. The summed E-state index contributed by atoms with van der Waals surface area (Å²) in [5, 5.41) is 10.0. The van der Waals surface area contributed by atoms with Crippen molar-refractivity contribution in [2.45, 2.75) is 46.1 Å². The number of aromatic nitrogens is 1. The molecule has 1 atom stereocenters. The quantitative estimate of drug-likeness (QED) is 0.910. The van der Waals surface area contributed by atoms with E-state index in [1.807, 2.05) is 34.6 Å². The van der Waals surface area contributed by atoms with Crippen LogP contribution in [0.4, 0.5) is 0 Å². The van der Waals surface area contributed by atoms with Gasteiger partial charge in [-0.2, -0.15) is 0 Å². The Kier molecular flexibility index (Phi) is 4.50. The predicted octanol–water partition coefficient (Wildman–Crippen LogP) is 3.48. The predicted molar refractivity (Wildman–Crippen MR) is 72.4 cm³/mol. The first-order chi connectivity index (χ1) is 8.18. The average Bonchev–Trinajstić information content (AvgIpc) is 2.62. The fraction of sp³-hybridized carbons (Fsp3) is 0.692. The van der Waals surface area contributed by atoms with Crippen molar-refractivity contribution >= 4 is 17.3 Å². The molecule has 1 unspecified atom stereocenters. The third kappa shape index (κ3) is 3.09. The second-order valence-electron chi connectivity index (χ2n) is 5.69. The molecule has 0 aliphatic heterocycles. The van der Waals surface area contributed by atoms with Gasteiger partial charge in [-0.1, -0.05) is 34.6 Å². The van der Waals surface area contributed by atoms with Crippen molar-refractivity contribution in [3.8, 4) is 0 Å². The van der Waals surface area contributed by atoms with Gasteiger partial charge in [0.15, 0.2) is 0 Å². The first-order valence-electron chi connectivity index (χ1n) is 5.95. The van der Waals surface area contributed by atoms with Crippen LogP contribution >= 0.6 is 11.3 Å². The zero-order chi connectivity index (χ0) is 14.1. The molecule has 4 nitrogen and oxygen atoms in total. The maximum absolute atomic E-state index is 11.3. The number of methoxy groups -OCH3 is 1. The lowest BCUT2D eigenvalue weighted by Gasteiger charge is -2.18. The van der Waals surface area contributed by atoms with Crippen molar-refractivity contribution in [3.05, 3.63) is 15.6 Å². The van der Waals surface area contributed by atoms with Gasteiger partial charge in [-0.05, 0) is 5.92 Å². The van der Waals surface area contributed by atoms with Crippen LogP contribution in [0, 0.1) is 5.92 Å². The molecule has 0 bridgehead atoms.